The van der Waals surface area contributed by atoms with E-state index >= 15 is 0 Å². The maximum atomic E-state index is 13.4. The lowest BCUT2D eigenvalue weighted by Gasteiger charge is -2.25. The Morgan fingerprint density at radius 1 is 1.00 bits per heavy atom. The van der Waals surface area contributed by atoms with Crippen LogP contribution in [-0.2, 0) is 22.4 Å². The van der Waals surface area contributed by atoms with Crippen molar-refractivity contribution in [3.05, 3.63) is 94.6 Å². The molecule has 0 spiro atoms. The van der Waals surface area contributed by atoms with Crippen LogP contribution >= 0.6 is 0 Å². The lowest BCUT2D eigenvalue weighted by Crippen LogP contribution is -2.31. The molecule has 2 unspecified atom stereocenters. The van der Waals surface area contributed by atoms with Crippen LogP contribution in [-0.4, -0.2) is 48.6 Å². The number of carbonyl (C=O) groups excluding carboxylic acids is 2. The topological polar surface area (TPSA) is 85.3 Å². The summed E-state index contributed by atoms with van der Waals surface area (Å²) in [5, 5.41) is 11.4. The molecule has 1 saturated heterocycles. The van der Waals surface area contributed by atoms with Crippen LogP contribution in [0, 0.1) is 0 Å². The summed E-state index contributed by atoms with van der Waals surface area (Å²) in [6, 6.07) is 19.4. The van der Waals surface area contributed by atoms with Crippen molar-refractivity contribution in [3.8, 4) is 17.2 Å². The number of rotatable bonds is 7. The van der Waals surface area contributed by atoms with Crippen LogP contribution in [0.1, 0.15) is 35.2 Å². The molecule has 1 N–H and O–H groups in total. The summed E-state index contributed by atoms with van der Waals surface area (Å²) >= 11 is 0. The van der Waals surface area contributed by atoms with E-state index in [0.717, 1.165) is 22.6 Å². The van der Waals surface area contributed by atoms with Crippen molar-refractivity contribution in [2.24, 2.45) is 0 Å². The average Bonchev–Trinajstić information content (AvgIpc) is 3.42. The maximum Gasteiger partial charge on any atom is 0.295 e. The molecule has 2 heterocycles. The number of likely N-dealkylation sites (tertiary alicyclic amines) is 1. The number of methoxy groups -OCH3 is 2. The molecule has 7 nitrogen and oxygen atoms in total. The van der Waals surface area contributed by atoms with E-state index in [0.29, 0.717) is 36.3 Å². The zero-order valence-corrected chi connectivity index (χ0v) is 21.1. The summed E-state index contributed by atoms with van der Waals surface area (Å²) in [7, 11) is 3.17. The minimum atomic E-state index is -0.753. The lowest BCUT2D eigenvalue weighted by molar-refractivity contribution is -0.139. The van der Waals surface area contributed by atoms with Crippen molar-refractivity contribution >= 4 is 17.4 Å². The SMILES string of the molecule is COc1ccc(CCN2C(=O)C(=O)/C(=C(\O)c3ccc4c(c3)CC(C)O4)C2c2cccc(OC)c2)cc1. The zero-order valence-electron chi connectivity index (χ0n) is 21.1. The van der Waals surface area contributed by atoms with Crippen molar-refractivity contribution in [2.45, 2.75) is 31.9 Å². The van der Waals surface area contributed by atoms with Gasteiger partial charge in [0, 0.05) is 18.5 Å². The van der Waals surface area contributed by atoms with Gasteiger partial charge in [-0.25, -0.2) is 0 Å². The molecular weight excluding hydrogens is 470 g/mol. The standard InChI is InChI=1S/C30H29NO6/c1-18-15-22-16-21(9-12-25(22)37-18)28(32)26-27(20-5-4-6-24(17-20)36-3)31(30(34)29(26)33)14-13-19-7-10-23(35-2)11-8-19/h4-12,16-18,27,32H,13-15H2,1-3H3/b28-26-. The Balaban J connectivity index is 1.55. The Morgan fingerprint density at radius 2 is 1.76 bits per heavy atom. The first-order chi connectivity index (χ1) is 17.9. The fourth-order valence-corrected chi connectivity index (χ4v) is 5.04. The second-order valence-electron chi connectivity index (χ2n) is 9.32. The van der Waals surface area contributed by atoms with Gasteiger partial charge in [-0.1, -0.05) is 24.3 Å². The number of nitrogens with zero attached hydrogens (tertiary/aromatic N) is 1. The van der Waals surface area contributed by atoms with Gasteiger partial charge in [-0.2, -0.15) is 0 Å². The number of amides is 1. The fourth-order valence-electron chi connectivity index (χ4n) is 5.04. The molecular formula is C30H29NO6. The Labute approximate surface area is 215 Å². The van der Waals surface area contributed by atoms with Crippen LogP contribution in [0.4, 0.5) is 0 Å². The highest BCUT2D eigenvalue weighted by molar-refractivity contribution is 6.46. The number of aliphatic hydroxyl groups is 1. The molecule has 37 heavy (non-hydrogen) atoms. The number of ketones is 1. The summed E-state index contributed by atoms with van der Waals surface area (Å²) in [5.41, 5.74) is 3.20. The first kappa shape index (κ1) is 24.4. The molecule has 0 aromatic heterocycles. The minimum absolute atomic E-state index is 0.0488. The number of carbonyl (C=O) groups is 2. The van der Waals surface area contributed by atoms with Crippen LogP contribution in [0.2, 0.25) is 0 Å². The van der Waals surface area contributed by atoms with Gasteiger partial charge in [0.15, 0.2) is 0 Å². The summed E-state index contributed by atoms with van der Waals surface area (Å²) < 4.78 is 16.4. The zero-order chi connectivity index (χ0) is 26.1. The molecule has 7 heteroatoms. The molecule has 2 atom stereocenters. The van der Waals surface area contributed by atoms with Crippen molar-refractivity contribution in [1.82, 2.24) is 4.90 Å². The third-order valence-corrected chi connectivity index (χ3v) is 6.92. The normalized spacial score (nSPS) is 20.0. The van der Waals surface area contributed by atoms with Gasteiger partial charge in [-0.3, -0.25) is 9.59 Å². The Hall–Kier alpha value is -4.26. The van der Waals surface area contributed by atoms with Gasteiger partial charge in [0.2, 0.25) is 0 Å². The fraction of sp³-hybridized carbons (Fsp3) is 0.267. The van der Waals surface area contributed by atoms with Crippen molar-refractivity contribution in [2.75, 3.05) is 20.8 Å². The highest BCUT2D eigenvalue weighted by Crippen LogP contribution is 2.41. The average molecular weight is 500 g/mol. The van der Waals surface area contributed by atoms with Crippen LogP contribution in [0.15, 0.2) is 72.3 Å². The van der Waals surface area contributed by atoms with Crippen molar-refractivity contribution in [1.29, 1.82) is 0 Å². The molecule has 0 aliphatic carbocycles. The number of hydrogen-bond donors (Lipinski definition) is 1. The second-order valence-corrected chi connectivity index (χ2v) is 9.32. The van der Waals surface area contributed by atoms with E-state index in [1.807, 2.05) is 49.4 Å². The third-order valence-electron chi connectivity index (χ3n) is 6.92. The summed E-state index contributed by atoms with van der Waals surface area (Å²) in [4.78, 5) is 28.2. The molecule has 3 aromatic carbocycles. The number of ether oxygens (including phenoxy) is 3. The molecule has 1 fully saturated rings. The molecule has 2 aliphatic rings. The number of benzene rings is 3. The van der Waals surface area contributed by atoms with E-state index in [1.54, 1.807) is 38.5 Å². The molecule has 1 amide bonds. The summed E-state index contributed by atoms with van der Waals surface area (Å²) in [5.74, 6) is 0.580. The van der Waals surface area contributed by atoms with Gasteiger partial charge in [0.05, 0.1) is 25.8 Å². The van der Waals surface area contributed by atoms with Gasteiger partial charge in [0.25, 0.3) is 11.7 Å². The molecule has 0 radical (unpaired) electrons. The monoisotopic (exact) mass is 499 g/mol. The quantitative estimate of drug-likeness (QED) is 0.288. The van der Waals surface area contributed by atoms with Gasteiger partial charge < -0.3 is 24.2 Å². The largest absolute Gasteiger partial charge is 0.507 e. The summed E-state index contributed by atoms with van der Waals surface area (Å²) in [6.07, 6.45) is 1.30. The molecule has 0 saturated carbocycles. The molecule has 2 aliphatic heterocycles. The predicted molar refractivity (Wildman–Crippen MR) is 139 cm³/mol. The van der Waals surface area contributed by atoms with Gasteiger partial charge in [-0.15, -0.1) is 0 Å². The Morgan fingerprint density at radius 3 is 2.49 bits per heavy atom. The van der Waals surface area contributed by atoms with E-state index in [2.05, 4.69) is 0 Å². The van der Waals surface area contributed by atoms with E-state index in [-0.39, 0.29) is 17.4 Å². The first-order valence-corrected chi connectivity index (χ1v) is 12.2. The van der Waals surface area contributed by atoms with E-state index < -0.39 is 17.7 Å². The highest BCUT2D eigenvalue weighted by Gasteiger charge is 2.46. The van der Waals surface area contributed by atoms with E-state index in [4.69, 9.17) is 14.2 Å². The number of hydrogen-bond acceptors (Lipinski definition) is 6. The maximum absolute atomic E-state index is 13.4. The van der Waals surface area contributed by atoms with Gasteiger partial charge >= 0.3 is 0 Å². The van der Waals surface area contributed by atoms with Crippen LogP contribution in [0.3, 0.4) is 0 Å². The van der Waals surface area contributed by atoms with Gasteiger partial charge in [0.1, 0.15) is 29.1 Å². The first-order valence-electron chi connectivity index (χ1n) is 12.2. The van der Waals surface area contributed by atoms with Crippen LogP contribution in [0.5, 0.6) is 17.2 Å². The number of aliphatic hydroxyl groups excluding tert-OH is 1. The van der Waals surface area contributed by atoms with Crippen LogP contribution < -0.4 is 14.2 Å². The third kappa shape index (κ3) is 4.65. The Bertz CT molecular complexity index is 1380. The van der Waals surface area contributed by atoms with Gasteiger partial charge in [-0.05, 0) is 72.5 Å². The smallest absolute Gasteiger partial charge is 0.295 e. The minimum Gasteiger partial charge on any atom is -0.507 e. The van der Waals surface area contributed by atoms with Crippen molar-refractivity contribution < 1.29 is 28.9 Å². The lowest BCUT2D eigenvalue weighted by atomic mass is 9.94. The predicted octanol–water partition coefficient (Wildman–Crippen LogP) is 4.69. The molecule has 5 rings (SSSR count). The van der Waals surface area contributed by atoms with E-state index in [9.17, 15) is 14.7 Å². The second kappa shape index (κ2) is 10.0. The van der Waals surface area contributed by atoms with Crippen molar-refractivity contribution in [3.63, 3.8) is 0 Å². The molecule has 3 aromatic rings. The van der Waals surface area contributed by atoms with E-state index in [1.165, 1.54) is 4.90 Å². The number of Topliss-reactive ketones (excluding diaryl/α,β-unsaturated/α-hetero) is 1. The number of fused-ring (bicyclic) bond motifs is 1. The molecule has 190 valence electrons. The molecule has 0 bridgehead atoms. The Kier molecular flexibility index (Phi) is 6.61. The van der Waals surface area contributed by atoms with Crippen LogP contribution in [0.25, 0.3) is 5.76 Å². The summed E-state index contributed by atoms with van der Waals surface area (Å²) in [6.45, 7) is 2.28. The highest BCUT2D eigenvalue weighted by atomic mass is 16.5.